The van der Waals surface area contributed by atoms with Gasteiger partial charge in [0.15, 0.2) is 0 Å². The third-order valence-electron chi connectivity index (χ3n) is 2.77. The van der Waals surface area contributed by atoms with Gasteiger partial charge in [0.05, 0.1) is 0 Å². The van der Waals surface area contributed by atoms with Gasteiger partial charge in [0.1, 0.15) is 17.2 Å². The van der Waals surface area contributed by atoms with Crippen LogP contribution in [0.3, 0.4) is 0 Å². The van der Waals surface area contributed by atoms with Gasteiger partial charge in [0.2, 0.25) is 0 Å². The van der Waals surface area contributed by atoms with Crippen molar-refractivity contribution in [3.8, 4) is 17.2 Å². The van der Waals surface area contributed by atoms with Gasteiger partial charge in [-0.25, -0.2) is 0 Å². The molecule has 0 spiro atoms. The van der Waals surface area contributed by atoms with E-state index in [1.165, 1.54) is 0 Å². The number of para-hydroxylation sites is 3. The van der Waals surface area contributed by atoms with Gasteiger partial charge in [-0.3, -0.25) is 0 Å². The Kier molecular flexibility index (Phi) is 7.10. The van der Waals surface area contributed by atoms with Crippen LogP contribution in [0.15, 0.2) is 91.0 Å². The predicted molar refractivity (Wildman–Crippen MR) is 88.1 cm³/mol. The van der Waals surface area contributed by atoms with Crippen LogP contribution in [0.2, 0.25) is 0 Å². The molecular formula is C18H15O3PPd. The summed E-state index contributed by atoms with van der Waals surface area (Å²) in [7, 11) is -1.59. The van der Waals surface area contributed by atoms with Crippen molar-refractivity contribution in [3.05, 3.63) is 91.0 Å². The first-order valence-electron chi connectivity index (χ1n) is 6.89. The van der Waals surface area contributed by atoms with Gasteiger partial charge in [-0.2, -0.15) is 0 Å². The van der Waals surface area contributed by atoms with Gasteiger partial charge in [-0.05, 0) is 36.4 Å². The van der Waals surface area contributed by atoms with Crippen molar-refractivity contribution in [3.63, 3.8) is 0 Å². The van der Waals surface area contributed by atoms with Gasteiger partial charge in [-0.1, -0.05) is 54.6 Å². The summed E-state index contributed by atoms with van der Waals surface area (Å²) in [6, 6.07) is 28.5. The molecule has 0 fully saturated rings. The Balaban J connectivity index is 0.00000192. The fourth-order valence-corrected chi connectivity index (χ4v) is 2.75. The van der Waals surface area contributed by atoms with Crippen molar-refractivity contribution in [2.45, 2.75) is 0 Å². The molecule has 3 aromatic rings. The van der Waals surface area contributed by atoms with E-state index in [0.717, 1.165) is 0 Å². The monoisotopic (exact) mass is 416 g/mol. The van der Waals surface area contributed by atoms with Crippen LogP contribution in [0.1, 0.15) is 0 Å². The van der Waals surface area contributed by atoms with Crippen LogP contribution in [-0.2, 0) is 20.4 Å². The van der Waals surface area contributed by atoms with Gasteiger partial charge in [0, 0.05) is 20.4 Å². The fourth-order valence-electron chi connectivity index (χ4n) is 1.76. The van der Waals surface area contributed by atoms with Gasteiger partial charge < -0.3 is 13.6 Å². The molecule has 120 valence electrons. The molecule has 0 saturated carbocycles. The molecule has 5 heteroatoms. The smallest absolute Gasteiger partial charge is 0.409 e. The van der Waals surface area contributed by atoms with Gasteiger partial charge in [0.25, 0.3) is 0 Å². The second kappa shape index (κ2) is 9.33. The largest absolute Gasteiger partial charge is 0.530 e. The van der Waals surface area contributed by atoms with Crippen molar-refractivity contribution in [1.29, 1.82) is 0 Å². The van der Waals surface area contributed by atoms with Crippen LogP contribution in [0.25, 0.3) is 0 Å². The summed E-state index contributed by atoms with van der Waals surface area (Å²) >= 11 is 0. The van der Waals surface area contributed by atoms with Crippen molar-refractivity contribution < 1.29 is 34.0 Å². The van der Waals surface area contributed by atoms with Crippen molar-refractivity contribution in [2.75, 3.05) is 0 Å². The Bertz CT molecular complexity index is 582. The third kappa shape index (κ3) is 5.69. The normalized spacial score (nSPS) is 9.78. The molecule has 0 aliphatic carbocycles. The van der Waals surface area contributed by atoms with E-state index in [-0.39, 0.29) is 20.4 Å². The number of benzene rings is 3. The summed E-state index contributed by atoms with van der Waals surface area (Å²) in [5, 5.41) is 0. The summed E-state index contributed by atoms with van der Waals surface area (Å²) in [5.41, 5.74) is 0. The zero-order valence-corrected chi connectivity index (χ0v) is 14.6. The molecule has 0 radical (unpaired) electrons. The Morgan fingerprint density at radius 2 is 0.696 bits per heavy atom. The average Bonchev–Trinajstić information content (AvgIpc) is 2.57. The second-order valence-electron chi connectivity index (χ2n) is 4.44. The molecule has 0 aliphatic heterocycles. The summed E-state index contributed by atoms with van der Waals surface area (Å²) in [4.78, 5) is 0. The summed E-state index contributed by atoms with van der Waals surface area (Å²) in [6.45, 7) is 0. The zero-order valence-electron chi connectivity index (χ0n) is 12.1. The molecule has 0 N–H and O–H groups in total. The fraction of sp³-hybridized carbons (Fsp3) is 0. The molecule has 0 heterocycles. The minimum absolute atomic E-state index is 0. The second-order valence-corrected chi connectivity index (χ2v) is 5.43. The molecule has 0 unspecified atom stereocenters. The Hall–Kier alpha value is -1.85. The minimum atomic E-state index is -1.59. The first-order valence-corrected chi connectivity index (χ1v) is 7.99. The molecule has 3 nitrogen and oxygen atoms in total. The summed E-state index contributed by atoms with van der Waals surface area (Å²) < 4.78 is 17.5. The van der Waals surface area contributed by atoms with E-state index < -0.39 is 8.60 Å². The topological polar surface area (TPSA) is 27.7 Å². The standard InChI is InChI=1S/C18H15O3P.Pd/c1-4-10-16(11-5-1)19-22(20-17-12-6-2-7-13-17)21-18-14-8-3-9-15-18;/h1-15H;. The van der Waals surface area contributed by atoms with E-state index in [4.69, 9.17) is 13.6 Å². The molecule has 0 bridgehead atoms. The van der Waals surface area contributed by atoms with E-state index >= 15 is 0 Å². The first-order chi connectivity index (χ1) is 10.9. The van der Waals surface area contributed by atoms with Crippen LogP contribution in [0, 0.1) is 0 Å². The van der Waals surface area contributed by atoms with E-state index in [9.17, 15) is 0 Å². The number of hydrogen-bond acceptors (Lipinski definition) is 3. The number of hydrogen-bond donors (Lipinski definition) is 0. The summed E-state index contributed by atoms with van der Waals surface area (Å²) in [5.74, 6) is 2.13. The molecule has 0 atom stereocenters. The Labute approximate surface area is 150 Å². The molecule has 0 saturated heterocycles. The molecule has 0 aliphatic rings. The van der Waals surface area contributed by atoms with E-state index in [2.05, 4.69) is 0 Å². The molecule has 23 heavy (non-hydrogen) atoms. The minimum Gasteiger partial charge on any atom is -0.409 e. The average molecular weight is 417 g/mol. The zero-order chi connectivity index (χ0) is 15.0. The van der Waals surface area contributed by atoms with Gasteiger partial charge in [-0.15, -0.1) is 0 Å². The van der Waals surface area contributed by atoms with Gasteiger partial charge >= 0.3 is 8.60 Å². The van der Waals surface area contributed by atoms with Crippen LogP contribution < -0.4 is 13.6 Å². The molecule has 0 amide bonds. The predicted octanol–water partition coefficient (Wildman–Crippen LogP) is 5.45. The Morgan fingerprint density at radius 1 is 0.435 bits per heavy atom. The maximum Gasteiger partial charge on any atom is 0.530 e. The van der Waals surface area contributed by atoms with E-state index in [0.29, 0.717) is 17.2 Å². The van der Waals surface area contributed by atoms with Crippen molar-refractivity contribution >= 4 is 8.60 Å². The summed E-state index contributed by atoms with van der Waals surface area (Å²) in [6.07, 6.45) is 0. The number of rotatable bonds is 6. The maximum absolute atomic E-state index is 5.84. The van der Waals surface area contributed by atoms with E-state index in [1.54, 1.807) is 0 Å². The quantitative estimate of drug-likeness (QED) is 0.395. The molecule has 0 aromatic heterocycles. The van der Waals surface area contributed by atoms with Crippen molar-refractivity contribution in [2.24, 2.45) is 0 Å². The third-order valence-corrected chi connectivity index (χ3v) is 3.85. The first kappa shape index (κ1) is 17.5. The molecule has 3 aromatic carbocycles. The van der Waals surface area contributed by atoms with Crippen LogP contribution in [0.5, 0.6) is 17.2 Å². The molecular weight excluding hydrogens is 402 g/mol. The Morgan fingerprint density at radius 3 is 0.957 bits per heavy atom. The molecule has 3 rings (SSSR count). The van der Waals surface area contributed by atoms with Crippen LogP contribution in [0.4, 0.5) is 0 Å². The SMILES string of the molecule is [Pd].c1ccc(OP(Oc2ccccc2)Oc2ccccc2)cc1. The van der Waals surface area contributed by atoms with Crippen LogP contribution >= 0.6 is 8.60 Å². The van der Waals surface area contributed by atoms with Crippen LogP contribution in [-0.4, -0.2) is 0 Å². The van der Waals surface area contributed by atoms with Crippen molar-refractivity contribution in [1.82, 2.24) is 0 Å². The maximum atomic E-state index is 5.84. The van der Waals surface area contributed by atoms with E-state index in [1.807, 2.05) is 91.0 Å².